The Morgan fingerprint density at radius 1 is 1.35 bits per heavy atom. The number of benzene rings is 1. The Morgan fingerprint density at radius 3 is 2.18 bits per heavy atom. The predicted octanol–water partition coefficient (Wildman–Crippen LogP) is 1.51. The number of methoxy groups -OCH3 is 1. The number of hydrogen-bond acceptors (Lipinski definition) is 4. The summed E-state index contributed by atoms with van der Waals surface area (Å²) in [6, 6.07) is 7.05. The van der Waals surface area contributed by atoms with Crippen LogP contribution in [0.5, 0.6) is 0 Å². The molecule has 0 atom stereocenters. The number of amides is 1. The molecule has 0 N–H and O–H groups in total. The number of ether oxygens (including phenoxy) is 1. The van der Waals surface area contributed by atoms with Gasteiger partial charge in [0, 0.05) is 31.7 Å². The van der Waals surface area contributed by atoms with Gasteiger partial charge in [-0.25, -0.2) is 0 Å². The maximum Gasteiger partial charge on any atom is 0.209 e. The largest absolute Gasteiger partial charge is 0.377 e. The minimum Gasteiger partial charge on any atom is -0.377 e. The van der Waals surface area contributed by atoms with Gasteiger partial charge in [0.25, 0.3) is 0 Å². The Bertz CT molecular complexity index is 349. The van der Waals surface area contributed by atoms with Gasteiger partial charge in [-0.15, -0.1) is 12.6 Å². The summed E-state index contributed by atoms with van der Waals surface area (Å²) in [6.45, 7) is 0.131. The van der Waals surface area contributed by atoms with Crippen molar-refractivity contribution in [2.75, 3.05) is 27.8 Å². The van der Waals surface area contributed by atoms with Crippen LogP contribution >= 0.6 is 12.6 Å². The summed E-state index contributed by atoms with van der Waals surface area (Å²) >= 11 is 4.11. The fourth-order valence-corrected chi connectivity index (χ4v) is 1.01. The van der Waals surface area contributed by atoms with Gasteiger partial charge in [0.15, 0.2) is 5.78 Å². The Morgan fingerprint density at radius 2 is 1.82 bits per heavy atom. The third kappa shape index (κ3) is 7.54. The van der Waals surface area contributed by atoms with Gasteiger partial charge in [-0.2, -0.15) is 0 Å². The van der Waals surface area contributed by atoms with E-state index in [2.05, 4.69) is 12.6 Å². The van der Waals surface area contributed by atoms with E-state index in [9.17, 15) is 9.59 Å². The summed E-state index contributed by atoms with van der Waals surface area (Å²) < 4.78 is 4.72. The third-order valence-electron chi connectivity index (χ3n) is 1.68. The smallest absolute Gasteiger partial charge is 0.209 e. The highest BCUT2D eigenvalue weighted by atomic mass is 32.1. The fourth-order valence-electron chi connectivity index (χ4n) is 0.862. The van der Waals surface area contributed by atoms with Crippen LogP contribution in [0.3, 0.4) is 0 Å². The molecular formula is C12H17NO3S. The number of ketones is 1. The average Bonchev–Trinajstić information content (AvgIpc) is 2.31. The van der Waals surface area contributed by atoms with Gasteiger partial charge in [-0.3, -0.25) is 9.59 Å². The van der Waals surface area contributed by atoms with Crippen LogP contribution in [-0.2, 0) is 9.53 Å². The summed E-state index contributed by atoms with van der Waals surface area (Å²) in [6.07, 6.45) is 0.750. The molecule has 4 nitrogen and oxygen atoms in total. The van der Waals surface area contributed by atoms with Crippen LogP contribution in [0.25, 0.3) is 0 Å². The predicted molar refractivity (Wildman–Crippen MR) is 69.7 cm³/mol. The number of nitrogens with zero attached hydrogens (tertiary/aromatic N) is 1. The van der Waals surface area contributed by atoms with Crippen molar-refractivity contribution >= 4 is 24.8 Å². The van der Waals surface area contributed by atoms with Crippen LogP contribution in [-0.4, -0.2) is 44.9 Å². The normalized spacial score (nSPS) is 8.94. The zero-order valence-corrected chi connectivity index (χ0v) is 11.1. The molecule has 0 radical (unpaired) electrons. The van der Waals surface area contributed by atoms with Gasteiger partial charge in [0.2, 0.25) is 6.41 Å². The Hall–Kier alpha value is -1.33. The molecule has 94 valence electrons. The second-order valence-corrected chi connectivity index (χ2v) is 3.99. The van der Waals surface area contributed by atoms with Crippen molar-refractivity contribution in [3.8, 4) is 0 Å². The molecule has 1 aromatic rings. The molecule has 17 heavy (non-hydrogen) atoms. The monoisotopic (exact) mass is 255 g/mol. The van der Waals surface area contributed by atoms with E-state index in [1.54, 1.807) is 38.4 Å². The Labute approximate surface area is 107 Å². The highest BCUT2D eigenvalue weighted by Crippen LogP contribution is 2.08. The van der Waals surface area contributed by atoms with Crippen molar-refractivity contribution in [3.05, 3.63) is 29.8 Å². The van der Waals surface area contributed by atoms with Crippen LogP contribution in [0.1, 0.15) is 10.4 Å². The zero-order chi connectivity index (χ0) is 13.3. The fraction of sp³-hybridized carbons (Fsp3) is 0.333. The SMILES string of the molecule is CN(C)C=O.COCC(=O)c1ccc(S)cc1. The van der Waals surface area contributed by atoms with Crippen LogP contribution < -0.4 is 0 Å². The maximum atomic E-state index is 11.2. The standard InChI is InChI=1S/C9H10O2S.C3H7NO/c1-11-6-9(10)7-2-4-8(12)5-3-7;1-4(2)3-5/h2-5,12H,6H2,1H3;3H,1-2H3. The summed E-state index contributed by atoms with van der Waals surface area (Å²) in [5.74, 6) is -0.00849. The maximum absolute atomic E-state index is 11.2. The summed E-state index contributed by atoms with van der Waals surface area (Å²) in [7, 11) is 4.88. The van der Waals surface area contributed by atoms with E-state index < -0.39 is 0 Å². The van der Waals surface area contributed by atoms with Gasteiger partial charge in [-0.05, 0) is 12.1 Å². The van der Waals surface area contributed by atoms with Crippen LogP contribution in [0.15, 0.2) is 29.2 Å². The minimum absolute atomic E-state index is 0.00849. The second kappa shape index (κ2) is 8.78. The van der Waals surface area contributed by atoms with E-state index in [1.165, 1.54) is 12.0 Å². The number of hydrogen-bond donors (Lipinski definition) is 1. The quantitative estimate of drug-likeness (QED) is 0.504. The highest BCUT2D eigenvalue weighted by molar-refractivity contribution is 7.80. The number of carbonyl (C=O) groups excluding carboxylic acids is 2. The molecule has 0 fully saturated rings. The van der Waals surface area contributed by atoms with Crippen LogP contribution in [0, 0.1) is 0 Å². The number of carbonyl (C=O) groups is 2. The molecule has 0 aliphatic carbocycles. The highest BCUT2D eigenvalue weighted by Gasteiger charge is 2.03. The van der Waals surface area contributed by atoms with Crippen molar-refractivity contribution in [3.63, 3.8) is 0 Å². The van der Waals surface area contributed by atoms with Crippen molar-refractivity contribution < 1.29 is 14.3 Å². The molecule has 0 spiro atoms. The molecule has 0 aromatic heterocycles. The molecule has 1 aromatic carbocycles. The van der Waals surface area contributed by atoms with Crippen LogP contribution in [0.4, 0.5) is 0 Å². The lowest BCUT2D eigenvalue weighted by molar-refractivity contribution is -0.115. The molecule has 0 heterocycles. The lowest BCUT2D eigenvalue weighted by Crippen LogP contribution is -2.06. The molecule has 0 aliphatic heterocycles. The average molecular weight is 255 g/mol. The van der Waals surface area contributed by atoms with Crippen LogP contribution in [0.2, 0.25) is 0 Å². The van der Waals surface area contributed by atoms with Crippen molar-refractivity contribution in [1.29, 1.82) is 0 Å². The van der Waals surface area contributed by atoms with E-state index in [-0.39, 0.29) is 12.4 Å². The zero-order valence-electron chi connectivity index (χ0n) is 10.2. The Kier molecular flexibility index (Phi) is 8.09. The topological polar surface area (TPSA) is 46.6 Å². The third-order valence-corrected chi connectivity index (χ3v) is 1.97. The lowest BCUT2D eigenvalue weighted by Gasteiger charge is -1.98. The molecule has 0 saturated carbocycles. The molecular weight excluding hydrogens is 238 g/mol. The molecule has 0 saturated heterocycles. The molecule has 5 heteroatoms. The first kappa shape index (κ1) is 15.7. The molecule has 1 amide bonds. The van der Waals surface area contributed by atoms with E-state index in [0.717, 1.165) is 11.3 Å². The first-order valence-corrected chi connectivity index (χ1v) is 5.39. The summed E-state index contributed by atoms with van der Waals surface area (Å²) in [5, 5.41) is 0. The van der Waals surface area contributed by atoms with Gasteiger partial charge in [-0.1, -0.05) is 12.1 Å². The van der Waals surface area contributed by atoms with E-state index in [4.69, 9.17) is 4.74 Å². The first-order valence-electron chi connectivity index (χ1n) is 4.94. The second-order valence-electron chi connectivity index (χ2n) is 3.47. The van der Waals surface area contributed by atoms with Crippen molar-refractivity contribution in [2.24, 2.45) is 0 Å². The molecule has 0 unspecified atom stereocenters. The van der Waals surface area contributed by atoms with E-state index in [0.29, 0.717) is 5.56 Å². The number of Topliss-reactive ketones (excluding diaryl/α,β-unsaturated/α-hetero) is 1. The van der Waals surface area contributed by atoms with Gasteiger partial charge < -0.3 is 9.64 Å². The molecule has 0 aliphatic rings. The van der Waals surface area contributed by atoms with E-state index in [1.807, 2.05) is 0 Å². The van der Waals surface area contributed by atoms with Gasteiger partial charge in [0.1, 0.15) is 6.61 Å². The Balaban J connectivity index is 0.000000437. The minimum atomic E-state index is -0.00849. The van der Waals surface area contributed by atoms with Crippen molar-refractivity contribution in [2.45, 2.75) is 4.90 Å². The molecule has 0 bridgehead atoms. The van der Waals surface area contributed by atoms with Crippen molar-refractivity contribution in [1.82, 2.24) is 4.90 Å². The lowest BCUT2D eigenvalue weighted by atomic mass is 10.1. The van der Waals surface area contributed by atoms with Gasteiger partial charge >= 0.3 is 0 Å². The summed E-state index contributed by atoms with van der Waals surface area (Å²) in [4.78, 5) is 22.9. The number of thiol groups is 1. The van der Waals surface area contributed by atoms with Gasteiger partial charge in [0.05, 0.1) is 0 Å². The van der Waals surface area contributed by atoms with E-state index >= 15 is 0 Å². The summed E-state index contributed by atoms with van der Waals surface area (Å²) in [5.41, 5.74) is 0.662. The number of rotatable bonds is 4. The molecule has 1 rings (SSSR count). The first-order chi connectivity index (χ1) is 8.01.